The van der Waals surface area contributed by atoms with Crippen LogP contribution in [0.4, 0.5) is 0 Å². The Bertz CT molecular complexity index is 604. The molecule has 3 nitrogen and oxygen atoms in total. The molecule has 0 N–H and O–H groups in total. The van der Waals surface area contributed by atoms with E-state index in [1.165, 1.54) is 38.8 Å². The summed E-state index contributed by atoms with van der Waals surface area (Å²) in [6, 6.07) is 10.9. The first-order valence-electron chi connectivity index (χ1n) is 10.2. The quantitative estimate of drug-likeness (QED) is 0.608. The van der Waals surface area contributed by atoms with Crippen LogP contribution in [0.25, 0.3) is 0 Å². The van der Waals surface area contributed by atoms with E-state index in [1.54, 1.807) is 0 Å². The Hall–Kier alpha value is -1.35. The van der Waals surface area contributed by atoms with Gasteiger partial charge in [0.25, 0.3) is 0 Å². The fraction of sp³-hybridized carbons (Fsp3) is 0.682. The van der Waals surface area contributed by atoms with Crippen molar-refractivity contribution in [3.05, 3.63) is 35.9 Å². The van der Waals surface area contributed by atoms with Crippen molar-refractivity contribution in [1.29, 1.82) is 0 Å². The van der Waals surface area contributed by atoms with Gasteiger partial charge in [-0.15, -0.1) is 0 Å². The van der Waals surface area contributed by atoms with Gasteiger partial charge in [-0.25, -0.2) is 0 Å². The predicted molar refractivity (Wildman–Crippen MR) is 99.3 cm³/mol. The van der Waals surface area contributed by atoms with Gasteiger partial charge < -0.3 is 9.22 Å². The zero-order valence-corrected chi connectivity index (χ0v) is 15.6. The first-order valence-corrected chi connectivity index (χ1v) is 10.2. The molecule has 0 aromatic heterocycles. The van der Waals surface area contributed by atoms with Crippen LogP contribution in [-0.2, 0) is 14.9 Å². The number of ether oxygens (including phenoxy) is 1. The van der Waals surface area contributed by atoms with Crippen LogP contribution in [0.5, 0.6) is 0 Å². The molecular formula is C22H32NO2+. The van der Waals surface area contributed by atoms with Gasteiger partial charge in [-0.2, -0.15) is 0 Å². The molecule has 2 saturated heterocycles. The molecule has 0 bridgehead atoms. The molecule has 1 aromatic carbocycles. The number of hydrogen-bond acceptors (Lipinski definition) is 2. The molecule has 3 atom stereocenters. The lowest BCUT2D eigenvalue weighted by Crippen LogP contribution is -2.63. The van der Waals surface area contributed by atoms with Crippen molar-refractivity contribution >= 4 is 5.97 Å². The number of likely N-dealkylation sites (N-methyl/N-ethyl adjacent to an activating group) is 1. The van der Waals surface area contributed by atoms with E-state index in [9.17, 15) is 4.79 Å². The molecule has 0 amide bonds. The lowest BCUT2D eigenvalue weighted by atomic mass is 9.78. The van der Waals surface area contributed by atoms with Gasteiger partial charge in [0, 0.05) is 12.8 Å². The van der Waals surface area contributed by atoms with Gasteiger partial charge in [0.2, 0.25) is 0 Å². The lowest BCUT2D eigenvalue weighted by molar-refractivity contribution is -0.946. The topological polar surface area (TPSA) is 26.3 Å². The van der Waals surface area contributed by atoms with Crippen molar-refractivity contribution in [2.45, 2.75) is 75.3 Å². The molecule has 1 aliphatic carbocycles. The average Bonchev–Trinajstić information content (AvgIpc) is 3.13. The monoisotopic (exact) mass is 342 g/mol. The van der Waals surface area contributed by atoms with Crippen molar-refractivity contribution < 1.29 is 14.0 Å². The van der Waals surface area contributed by atoms with Crippen LogP contribution in [0.2, 0.25) is 0 Å². The van der Waals surface area contributed by atoms with Crippen LogP contribution >= 0.6 is 0 Å². The highest BCUT2D eigenvalue weighted by molar-refractivity contribution is 5.83. The van der Waals surface area contributed by atoms with Crippen molar-refractivity contribution in [2.75, 3.05) is 20.1 Å². The second-order valence-corrected chi connectivity index (χ2v) is 8.73. The lowest BCUT2D eigenvalue weighted by Gasteiger charge is -2.50. The molecule has 3 aliphatic rings. The first kappa shape index (κ1) is 17.1. The number of benzene rings is 1. The highest BCUT2D eigenvalue weighted by atomic mass is 16.5. The van der Waals surface area contributed by atoms with E-state index < -0.39 is 5.41 Å². The molecule has 1 saturated carbocycles. The summed E-state index contributed by atoms with van der Waals surface area (Å²) in [7, 11) is 2.38. The van der Waals surface area contributed by atoms with E-state index >= 15 is 0 Å². The standard InChI is InChI=1S/C22H32NO2/c1-23-16-8-5-12-19(23)20(13-9-17-23)25-21(24)22(14-6-7-15-22)18-10-3-2-4-11-18/h2-4,10-11,19-20H,5-9,12-17H2,1H3/q+1/t19-,20+,23?/m0/s1. The summed E-state index contributed by atoms with van der Waals surface area (Å²) in [6.45, 7) is 2.51. The highest BCUT2D eigenvalue weighted by Gasteiger charge is 2.49. The molecular weight excluding hydrogens is 310 g/mol. The van der Waals surface area contributed by atoms with Gasteiger partial charge >= 0.3 is 5.97 Å². The Morgan fingerprint density at radius 1 is 1.00 bits per heavy atom. The van der Waals surface area contributed by atoms with E-state index in [1.807, 2.05) is 6.07 Å². The number of nitrogens with zero attached hydrogens (tertiary/aromatic N) is 1. The number of carbonyl (C=O) groups is 1. The largest absolute Gasteiger partial charge is 0.455 e. The summed E-state index contributed by atoms with van der Waals surface area (Å²) in [4.78, 5) is 13.4. The normalized spacial score (nSPS) is 34.3. The third kappa shape index (κ3) is 3.01. The molecule has 4 rings (SSSR count). The Morgan fingerprint density at radius 2 is 1.72 bits per heavy atom. The smallest absolute Gasteiger partial charge is 0.317 e. The number of quaternary nitrogens is 1. The van der Waals surface area contributed by atoms with Gasteiger partial charge in [0.15, 0.2) is 6.10 Å². The van der Waals surface area contributed by atoms with Crippen molar-refractivity contribution in [2.24, 2.45) is 0 Å². The zero-order valence-electron chi connectivity index (χ0n) is 15.6. The zero-order chi connectivity index (χ0) is 17.3. The summed E-state index contributed by atoms with van der Waals surface area (Å²) >= 11 is 0. The van der Waals surface area contributed by atoms with E-state index in [0.29, 0.717) is 6.04 Å². The molecule has 2 heterocycles. The minimum Gasteiger partial charge on any atom is -0.455 e. The third-order valence-corrected chi connectivity index (χ3v) is 7.24. The second-order valence-electron chi connectivity index (χ2n) is 8.73. The minimum atomic E-state index is -0.392. The number of fused-ring (bicyclic) bond motifs is 1. The van der Waals surface area contributed by atoms with Crippen LogP contribution in [0.15, 0.2) is 30.3 Å². The van der Waals surface area contributed by atoms with Crippen LogP contribution in [0.1, 0.15) is 63.4 Å². The average molecular weight is 343 g/mol. The maximum absolute atomic E-state index is 13.4. The molecule has 1 unspecified atom stereocenters. The fourth-order valence-electron chi connectivity index (χ4n) is 5.75. The molecule has 0 radical (unpaired) electrons. The van der Waals surface area contributed by atoms with Gasteiger partial charge in [0.05, 0.1) is 25.6 Å². The Kier molecular flexibility index (Phi) is 4.61. The number of esters is 1. The van der Waals surface area contributed by atoms with Crippen LogP contribution in [-0.4, -0.2) is 42.7 Å². The van der Waals surface area contributed by atoms with Crippen LogP contribution in [0.3, 0.4) is 0 Å². The maximum atomic E-state index is 13.4. The number of piperidine rings is 2. The first-order chi connectivity index (χ1) is 12.1. The van der Waals surface area contributed by atoms with E-state index in [-0.39, 0.29) is 12.1 Å². The SMILES string of the molecule is C[N+]12CCCC[C@H]1[C@H](OC(=O)C1(c3ccccc3)CCCC1)CCC2. The van der Waals surface area contributed by atoms with E-state index in [4.69, 9.17) is 4.74 Å². The summed E-state index contributed by atoms with van der Waals surface area (Å²) in [6.07, 6.45) is 10.3. The van der Waals surface area contributed by atoms with Crippen LogP contribution in [0, 0.1) is 0 Å². The summed E-state index contributed by atoms with van der Waals surface area (Å²) in [5.41, 5.74) is 0.769. The molecule has 1 aromatic rings. The number of hydrogen-bond donors (Lipinski definition) is 0. The van der Waals surface area contributed by atoms with E-state index in [0.717, 1.165) is 42.2 Å². The summed E-state index contributed by atoms with van der Waals surface area (Å²) in [5.74, 6) is 0.0558. The Balaban J connectivity index is 1.56. The molecule has 25 heavy (non-hydrogen) atoms. The third-order valence-electron chi connectivity index (χ3n) is 7.24. The molecule has 3 heteroatoms. The number of rotatable bonds is 3. The molecule has 0 spiro atoms. The molecule has 3 fully saturated rings. The highest BCUT2D eigenvalue weighted by Crippen LogP contribution is 2.43. The maximum Gasteiger partial charge on any atom is 0.317 e. The van der Waals surface area contributed by atoms with E-state index in [2.05, 4.69) is 31.3 Å². The Labute approximate surface area is 151 Å². The van der Waals surface area contributed by atoms with Gasteiger partial charge in [-0.1, -0.05) is 43.2 Å². The van der Waals surface area contributed by atoms with Crippen molar-refractivity contribution in [1.82, 2.24) is 0 Å². The van der Waals surface area contributed by atoms with Crippen molar-refractivity contribution in [3.8, 4) is 0 Å². The van der Waals surface area contributed by atoms with Gasteiger partial charge in [-0.05, 0) is 37.7 Å². The second kappa shape index (κ2) is 6.75. The van der Waals surface area contributed by atoms with Crippen LogP contribution < -0.4 is 0 Å². The summed E-state index contributed by atoms with van der Waals surface area (Å²) < 4.78 is 7.43. The van der Waals surface area contributed by atoms with Gasteiger partial charge in [-0.3, -0.25) is 4.79 Å². The minimum absolute atomic E-state index is 0.0558. The fourth-order valence-corrected chi connectivity index (χ4v) is 5.75. The Morgan fingerprint density at radius 3 is 2.48 bits per heavy atom. The summed E-state index contributed by atoms with van der Waals surface area (Å²) in [5, 5.41) is 0. The van der Waals surface area contributed by atoms with Gasteiger partial charge in [0.1, 0.15) is 6.04 Å². The molecule has 2 aliphatic heterocycles. The van der Waals surface area contributed by atoms with Crippen molar-refractivity contribution in [3.63, 3.8) is 0 Å². The number of carbonyl (C=O) groups excluding carboxylic acids is 1. The predicted octanol–water partition coefficient (Wildman–Crippen LogP) is 4.20. The molecule has 136 valence electrons.